The van der Waals surface area contributed by atoms with Gasteiger partial charge in [0.15, 0.2) is 5.78 Å². The van der Waals surface area contributed by atoms with Gasteiger partial charge in [-0.05, 0) is 31.1 Å². The van der Waals surface area contributed by atoms with Crippen molar-refractivity contribution in [3.05, 3.63) is 22.7 Å². The van der Waals surface area contributed by atoms with E-state index in [2.05, 4.69) is 15.9 Å². The Balaban J connectivity index is 2.52. The number of hydrogen-bond donors (Lipinski definition) is 0. The van der Waals surface area contributed by atoms with Gasteiger partial charge < -0.3 is 0 Å². The number of allylic oxidation sites excluding steroid dienone is 2. The monoisotopic (exact) mass is 305 g/mol. The molecule has 1 atom stereocenters. The maximum absolute atomic E-state index is 12.0. The van der Waals surface area contributed by atoms with Crippen LogP contribution in [0.2, 0.25) is 0 Å². The van der Waals surface area contributed by atoms with E-state index in [1.807, 2.05) is 0 Å². The molecular weight excluding hydrogens is 294 g/mol. The number of carbonyl (C=O) groups excluding carboxylic acids is 1. The van der Waals surface area contributed by atoms with Gasteiger partial charge in [0.2, 0.25) is 10.0 Å². The summed E-state index contributed by atoms with van der Waals surface area (Å²) < 4.78 is 25.4. The summed E-state index contributed by atoms with van der Waals surface area (Å²) in [5, 5.41) is 0. The van der Waals surface area contributed by atoms with Gasteiger partial charge >= 0.3 is 0 Å². The van der Waals surface area contributed by atoms with Gasteiger partial charge in [-0.1, -0.05) is 15.9 Å². The Bertz CT molecular complexity index is 494. The second-order valence-corrected chi connectivity index (χ2v) is 6.91. The van der Waals surface area contributed by atoms with Crippen molar-refractivity contribution in [2.24, 2.45) is 0 Å². The van der Waals surface area contributed by atoms with Gasteiger partial charge in [-0.3, -0.25) is 4.79 Å². The first-order valence-corrected chi connectivity index (χ1v) is 7.59. The number of nitrogens with zero attached hydrogens (tertiary/aromatic N) is 1. The number of halogens is 1. The Morgan fingerprint density at radius 3 is 2.75 bits per heavy atom. The zero-order valence-corrected chi connectivity index (χ0v) is 11.2. The Morgan fingerprint density at radius 1 is 1.44 bits per heavy atom. The lowest BCUT2D eigenvalue weighted by Gasteiger charge is -2.33. The predicted molar refractivity (Wildman–Crippen MR) is 64.7 cm³/mol. The molecule has 1 spiro atoms. The smallest absolute Gasteiger partial charge is 0.212 e. The Morgan fingerprint density at radius 2 is 2.12 bits per heavy atom. The third-order valence-corrected chi connectivity index (χ3v) is 4.76. The molecule has 1 unspecified atom stereocenters. The minimum atomic E-state index is -3.35. The van der Waals surface area contributed by atoms with Crippen LogP contribution in [0.5, 0.6) is 0 Å². The van der Waals surface area contributed by atoms with Crippen LogP contribution in [0.25, 0.3) is 0 Å². The SMILES string of the molecule is CS(=O)(=O)N1CCCC12C=C(Br)C=CC2=O. The lowest BCUT2D eigenvalue weighted by molar-refractivity contribution is -0.120. The van der Waals surface area contributed by atoms with Crippen molar-refractivity contribution < 1.29 is 13.2 Å². The summed E-state index contributed by atoms with van der Waals surface area (Å²) in [5.74, 6) is -0.154. The number of hydrogen-bond acceptors (Lipinski definition) is 3. The predicted octanol–water partition coefficient (Wildman–Crippen LogP) is 1.20. The van der Waals surface area contributed by atoms with Crippen LogP contribution in [0.15, 0.2) is 22.7 Å². The maximum Gasteiger partial charge on any atom is 0.212 e. The lowest BCUT2D eigenvalue weighted by atomic mass is 9.88. The minimum Gasteiger partial charge on any atom is -0.292 e. The number of ketones is 1. The highest BCUT2D eigenvalue weighted by atomic mass is 79.9. The normalized spacial score (nSPS) is 31.1. The van der Waals surface area contributed by atoms with Gasteiger partial charge in [-0.25, -0.2) is 8.42 Å². The molecule has 0 aromatic carbocycles. The van der Waals surface area contributed by atoms with Crippen LogP contribution in [-0.4, -0.2) is 36.8 Å². The molecule has 1 saturated heterocycles. The highest BCUT2D eigenvalue weighted by Crippen LogP contribution is 2.38. The summed E-state index contributed by atoms with van der Waals surface area (Å²) in [6.07, 6.45) is 7.19. The first-order valence-electron chi connectivity index (χ1n) is 4.95. The zero-order valence-electron chi connectivity index (χ0n) is 8.81. The van der Waals surface area contributed by atoms with Crippen LogP contribution in [0.4, 0.5) is 0 Å². The molecule has 0 aromatic rings. The second-order valence-electron chi connectivity index (χ2n) is 4.09. The van der Waals surface area contributed by atoms with Crippen molar-refractivity contribution in [1.29, 1.82) is 0 Å². The highest BCUT2D eigenvalue weighted by molar-refractivity contribution is 9.11. The van der Waals surface area contributed by atoms with Crippen molar-refractivity contribution in [2.45, 2.75) is 18.4 Å². The number of rotatable bonds is 1. The number of carbonyl (C=O) groups is 1. The fraction of sp³-hybridized carbons (Fsp3) is 0.500. The fourth-order valence-corrected chi connectivity index (χ4v) is 4.11. The lowest BCUT2D eigenvalue weighted by Crippen LogP contribution is -2.51. The van der Waals surface area contributed by atoms with E-state index in [1.165, 1.54) is 10.4 Å². The van der Waals surface area contributed by atoms with E-state index in [1.54, 1.807) is 12.2 Å². The Labute approximate surface area is 103 Å². The summed E-state index contributed by atoms with van der Waals surface area (Å²) in [6.45, 7) is 0.412. The van der Waals surface area contributed by atoms with Crippen LogP contribution in [0, 0.1) is 0 Å². The molecule has 4 nitrogen and oxygen atoms in total. The summed E-state index contributed by atoms with van der Waals surface area (Å²) in [4.78, 5) is 12.0. The maximum atomic E-state index is 12.0. The average molecular weight is 306 g/mol. The van der Waals surface area contributed by atoms with Crippen LogP contribution in [0.3, 0.4) is 0 Å². The standard InChI is InChI=1S/C10H12BrNO3S/c1-16(14,15)12-6-2-5-10(12)7-8(11)3-4-9(10)13/h3-4,7H,2,5-6H2,1H3. The quantitative estimate of drug-likeness (QED) is 0.731. The van der Waals surface area contributed by atoms with Gasteiger partial charge in [-0.15, -0.1) is 0 Å². The molecule has 1 fully saturated rings. The largest absolute Gasteiger partial charge is 0.292 e. The molecule has 16 heavy (non-hydrogen) atoms. The summed E-state index contributed by atoms with van der Waals surface area (Å²) in [7, 11) is -3.35. The molecule has 2 aliphatic rings. The second kappa shape index (κ2) is 3.78. The van der Waals surface area contributed by atoms with E-state index in [9.17, 15) is 13.2 Å². The molecule has 0 aromatic heterocycles. The first-order chi connectivity index (χ1) is 7.36. The minimum absolute atomic E-state index is 0.154. The first kappa shape index (κ1) is 12.0. The fourth-order valence-electron chi connectivity index (χ4n) is 2.32. The molecule has 1 aliphatic carbocycles. The van der Waals surface area contributed by atoms with E-state index in [0.717, 1.165) is 10.7 Å². The van der Waals surface area contributed by atoms with Gasteiger partial charge in [0.1, 0.15) is 5.54 Å². The molecular formula is C10H12BrNO3S. The molecule has 1 heterocycles. The summed E-state index contributed by atoms with van der Waals surface area (Å²) in [6, 6.07) is 0. The van der Waals surface area contributed by atoms with Gasteiger partial charge in [-0.2, -0.15) is 4.31 Å². The molecule has 6 heteroatoms. The molecule has 88 valence electrons. The van der Waals surface area contributed by atoms with Crippen LogP contribution in [-0.2, 0) is 14.8 Å². The zero-order chi connectivity index (χ0) is 12.0. The van der Waals surface area contributed by atoms with Gasteiger partial charge in [0.25, 0.3) is 0 Å². The average Bonchev–Trinajstić information content (AvgIpc) is 2.56. The van der Waals surface area contributed by atoms with Crippen molar-refractivity contribution in [3.63, 3.8) is 0 Å². The van der Waals surface area contributed by atoms with E-state index in [-0.39, 0.29) is 5.78 Å². The summed E-state index contributed by atoms with van der Waals surface area (Å²) in [5.41, 5.74) is -0.985. The Kier molecular flexibility index (Phi) is 2.84. The third kappa shape index (κ3) is 1.78. The van der Waals surface area contributed by atoms with Crippen molar-refractivity contribution in [3.8, 4) is 0 Å². The molecule has 0 saturated carbocycles. The van der Waals surface area contributed by atoms with Crippen LogP contribution < -0.4 is 0 Å². The van der Waals surface area contributed by atoms with E-state index in [4.69, 9.17) is 0 Å². The van der Waals surface area contributed by atoms with Crippen LogP contribution in [0.1, 0.15) is 12.8 Å². The highest BCUT2D eigenvalue weighted by Gasteiger charge is 2.49. The van der Waals surface area contributed by atoms with Crippen molar-refractivity contribution in [1.82, 2.24) is 4.31 Å². The van der Waals surface area contributed by atoms with Gasteiger partial charge in [0.05, 0.1) is 6.26 Å². The topological polar surface area (TPSA) is 54.5 Å². The van der Waals surface area contributed by atoms with E-state index in [0.29, 0.717) is 19.4 Å². The number of sulfonamides is 1. The molecule has 0 bridgehead atoms. The summed E-state index contributed by atoms with van der Waals surface area (Å²) >= 11 is 3.30. The van der Waals surface area contributed by atoms with E-state index >= 15 is 0 Å². The molecule has 1 aliphatic heterocycles. The van der Waals surface area contributed by atoms with E-state index < -0.39 is 15.6 Å². The van der Waals surface area contributed by atoms with Crippen molar-refractivity contribution >= 4 is 31.7 Å². The van der Waals surface area contributed by atoms with Gasteiger partial charge in [0, 0.05) is 11.0 Å². The van der Waals surface area contributed by atoms with Crippen molar-refractivity contribution in [2.75, 3.05) is 12.8 Å². The molecule has 0 amide bonds. The van der Waals surface area contributed by atoms with Crippen LogP contribution >= 0.6 is 15.9 Å². The molecule has 0 N–H and O–H groups in total. The molecule has 0 radical (unpaired) electrons. The Hall–Kier alpha value is -0.460. The molecule has 2 rings (SSSR count). The third-order valence-electron chi connectivity index (χ3n) is 2.96.